The van der Waals surface area contributed by atoms with Crippen LogP contribution < -0.4 is 4.72 Å². The third-order valence-electron chi connectivity index (χ3n) is 3.98. The van der Waals surface area contributed by atoms with Gasteiger partial charge in [0.15, 0.2) is 0 Å². The van der Waals surface area contributed by atoms with Gasteiger partial charge in [0, 0.05) is 5.54 Å². The predicted molar refractivity (Wildman–Crippen MR) is 78.9 cm³/mol. The van der Waals surface area contributed by atoms with Gasteiger partial charge in [-0.05, 0) is 56.2 Å². The van der Waals surface area contributed by atoms with Crippen LogP contribution in [0.5, 0.6) is 0 Å². The Bertz CT molecular complexity index is 589. The smallest absolute Gasteiger partial charge is 0.241 e. The largest absolute Gasteiger partial charge is 0.392 e. The van der Waals surface area contributed by atoms with Gasteiger partial charge in [0.05, 0.1) is 11.5 Å². The van der Waals surface area contributed by atoms with E-state index in [-0.39, 0.29) is 6.61 Å². The molecule has 1 saturated carbocycles. The van der Waals surface area contributed by atoms with Crippen molar-refractivity contribution in [1.82, 2.24) is 4.72 Å². The highest BCUT2D eigenvalue weighted by Gasteiger charge is 2.40. The normalized spacial score (nSPS) is 16.4. The van der Waals surface area contributed by atoms with E-state index in [1.807, 2.05) is 20.8 Å². The first kappa shape index (κ1) is 15.5. The summed E-state index contributed by atoms with van der Waals surface area (Å²) in [7, 11) is -3.56. The summed E-state index contributed by atoms with van der Waals surface area (Å²) >= 11 is 0. The third kappa shape index (κ3) is 3.22. The third-order valence-corrected chi connectivity index (χ3v) is 5.73. The molecule has 112 valence electrons. The molecule has 1 fully saturated rings. The van der Waals surface area contributed by atoms with Crippen LogP contribution in [0.2, 0.25) is 0 Å². The number of hydrogen-bond donors (Lipinski definition) is 2. The van der Waals surface area contributed by atoms with Gasteiger partial charge in [0.2, 0.25) is 10.0 Å². The monoisotopic (exact) mass is 297 g/mol. The van der Waals surface area contributed by atoms with E-state index in [0.717, 1.165) is 18.4 Å². The molecule has 0 heterocycles. The van der Waals surface area contributed by atoms with Crippen LogP contribution in [0.4, 0.5) is 0 Å². The second-order valence-electron chi connectivity index (χ2n) is 6.06. The first-order valence-electron chi connectivity index (χ1n) is 7.07. The minimum absolute atomic E-state index is 0.154. The zero-order valence-electron chi connectivity index (χ0n) is 12.3. The second-order valence-corrected chi connectivity index (χ2v) is 7.71. The van der Waals surface area contributed by atoms with E-state index in [4.69, 9.17) is 0 Å². The molecule has 5 heteroatoms. The van der Waals surface area contributed by atoms with E-state index in [0.29, 0.717) is 22.8 Å². The number of hydrogen-bond acceptors (Lipinski definition) is 3. The van der Waals surface area contributed by atoms with Gasteiger partial charge >= 0.3 is 0 Å². The van der Waals surface area contributed by atoms with Crippen LogP contribution in [-0.4, -0.2) is 19.1 Å². The molecule has 0 aromatic heterocycles. The molecule has 1 aromatic carbocycles. The molecule has 1 aliphatic rings. The Hall–Kier alpha value is -0.910. The number of benzene rings is 1. The van der Waals surface area contributed by atoms with Crippen molar-refractivity contribution in [3.05, 3.63) is 29.3 Å². The lowest BCUT2D eigenvalue weighted by molar-refractivity contribution is 0.281. The first-order chi connectivity index (χ1) is 9.30. The summed E-state index contributed by atoms with van der Waals surface area (Å²) in [5.74, 6) is 0.420. The van der Waals surface area contributed by atoms with Gasteiger partial charge in [0.25, 0.3) is 0 Å². The maximum atomic E-state index is 12.6. The van der Waals surface area contributed by atoms with Crippen LogP contribution in [0.1, 0.15) is 44.7 Å². The fourth-order valence-corrected chi connectivity index (χ4v) is 4.36. The van der Waals surface area contributed by atoms with Gasteiger partial charge in [-0.15, -0.1) is 0 Å². The van der Waals surface area contributed by atoms with Gasteiger partial charge in [-0.2, -0.15) is 0 Å². The average Bonchev–Trinajstić information content (AvgIpc) is 3.21. The van der Waals surface area contributed by atoms with Crippen molar-refractivity contribution < 1.29 is 13.5 Å². The Balaban J connectivity index is 2.37. The summed E-state index contributed by atoms with van der Waals surface area (Å²) in [4.78, 5) is 0.292. The van der Waals surface area contributed by atoms with E-state index in [1.54, 1.807) is 18.2 Å². The fourth-order valence-electron chi connectivity index (χ4n) is 2.53. The number of rotatable bonds is 6. The van der Waals surface area contributed by atoms with E-state index in [1.165, 1.54) is 0 Å². The summed E-state index contributed by atoms with van der Waals surface area (Å²) < 4.78 is 28.1. The zero-order valence-corrected chi connectivity index (χ0v) is 13.1. The van der Waals surface area contributed by atoms with E-state index < -0.39 is 15.6 Å². The van der Waals surface area contributed by atoms with Crippen LogP contribution in [0.25, 0.3) is 0 Å². The van der Waals surface area contributed by atoms with Crippen LogP contribution in [0, 0.1) is 5.92 Å². The Morgan fingerprint density at radius 3 is 2.50 bits per heavy atom. The molecule has 0 atom stereocenters. The number of aryl methyl sites for hydroxylation is 1. The molecule has 0 bridgehead atoms. The van der Waals surface area contributed by atoms with Crippen LogP contribution >= 0.6 is 0 Å². The minimum Gasteiger partial charge on any atom is -0.392 e. The quantitative estimate of drug-likeness (QED) is 0.846. The number of aliphatic hydroxyl groups excluding tert-OH is 1. The van der Waals surface area contributed by atoms with Gasteiger partial charge in [0.1, 0.15) is 0 Å². The Labute approximate surface area is 121 Å². The van der Waals surface area contributed by atoms with Crippen molar-refractivity contribution >= 4 is 10.0 Å². The molecule has 1 aliphatic carbocycles. The molecule has 2 rings (SSSR count). The summed E-state index contributed by atoms with van der Waals surface area (Å²) in [6, 6.07) is 5.12. The molecule has 0 spiro atoms. The van der Waals surface area contributed by atoms with Crippen molar-refractivity contribution in [3.63, 3.8) is 0 Å². The Kier molecular flexibility index (Phi) is 4.23. The molecular formula is C15H23NO3S. The molecule has 0 saturated heterocycles. The van der Waals surface area contributed by atoms with Crippen molar-refractivity contribution in [1.29, 1.82) is 0 Å². The van der Waals surface area contributed by atoms with Gasteiger partial charge in [-0.1, -0.05) is 19.1 Å². The molecule has 20 heavy (non-hydrogen) atoms. The van der Waals surface area contributed by atoms with E-state index in [9.17, 15) is 13.5 Å². The topological polar surface area (TPSA) is 66.4 Å². The number of nitrogens with one attached hydrogen (secondary N) is 1. The first-order valence-corrected chi connectivity index (χ1v) is 8.55. The van der Waals surface area contributed by atoms with Crippen LogP contribution in [0.3, 0.4) is 0 Å². The van der Waals surface area contributed by atoms with Crippen molar-refractivity contribution in [2.24, 2.45) is 5.92 Å². The highest BCUT2D eigenvalue weighted by molar-refractivity contribution is 7.89. The van der Waals surface area contributed by atoms with E-state index in [2.05, 4.69) is 4.72 Å². The van der Waals surface area contributed by atoms with Crippen molar-refractivity contribution in [2.45, 2.75) is 57.1 Å². The van der Waals surface area contributed by atoms with Gasteiger partial charge in [-0.3, -0.25) is 0 Å². The maximum Gasteiger partial charge on any atom is 0.241 e. The molecule has 2 N–H and O–H groups in total. The highest BCUT2D eigenvalue weighted by Crippen LogP contribution is 2.40. The van der Waals surface area contributed by atoms with Crippen LogP contribution in [0.15, 0.2) is 23.1 Å². The van der Waals surface area contributed by atoms with Crippen LogP contribution in [-0.2, 0) is 23.1 Å². The van der Waals surface area contributed by atoms with Crippen molar-refractivity contribution in [3.8, 4) is 0 Å². The molecule has 0 amide bonds. The van der Waals surface area contributed by atoms with Gasteiger partial charge < -0.3 is 5.11 Å². The lowest BCUT2D eigenvalue weighted by atomic mass is 10.0. The molecule has 0 aliphatic heterocycles. The molecule has 4 nitrogen and oxygen atoms in total. The predicted octanol–water partition coefficient (Wildman–Crippen LogP) is 2.21. The second kappa shape index (κ2) is 5.47. The Morgan fingerprint density at radius 1 is 1.35 bits per heavy atom. The average molecular weight is 297 g/mol. The summed E-state index contributed by atoms with van der Waals surface area (Å²) in [6.07, 6.45) is 2.80. The van der Waals surface area contributed by atoms with E-state index >= 15 is 0 Å². The van der Waals surface area contributed by atoms with Crippen molar-refractivity contribution in [2.75, 3.05) is 0 Å². The molecule has 1 aromatic rings. The standard InChI is InChI=1S/C15H23NO3S/c1-4-12-6-5-11(10-17)9-14(12)20(18,19)16-15(2,3)13-7-8-13/h5-6,9,13,16-17H,4,7-8,10H2,1-3H3. The number of sulfonamides is 1. The highest BCUT2D eigenvalue weighted by atomic mass is 32.2. The summed E-state index contributed by atoms with van der Waals surface area (Å²) in [6.45, 7) is 5.64. The summed E-state index contributed by atoms with van der Waals surface area (Å²) in [5.41, 5.74) is 0.979. The SMILES string of the molecule is CCc1ccc(CO)cc1S(=O)(=O)NC(C)(C)C1CC1. The fraction of sp³-hybridized carbons (Fsp3) is 0.600. The summed E-state index contributed by atoms with van der Waals surface area (Å²) in [5, 5.41) is 9.21. The Morgan fingerprint density at radius 2 is 2.00 bits per heavy atom. The lowest BCUT2D eigenvalue weighted by Crippen LogP contribution is -2.45. The lowest BCUT2D eigenvalue weighted by Gasteiger charge is -2.26. The maximum absolute atomic E-state index is 12.6. The molecule has 0 unspecified atom stereocenters. The molecular weight excluding hydrogens is 274 g/mol. The molecule has 0 radical (unpaired) electrons. The van der Waals surface area contributed by atoms with Gasteiger partial charge in [-0.25, -0.2) is 13.1 Å². The minimum atomic E-state index is -3.56. The zero-order chi connectivity index (χ0) is 15.0. The number of aliphatic hydroxyl groups is 1.